The zero-order valence-electron chi connectivity index (χ0n) is 16.6. The lowest BCUT2D eigenvalue weighted by molar-refractivity contribution is -0.134. The van der Waals surface area contributed by atoms with Gasteiger partial charge < -0.3 is 23.5 Å². The Hall–Kier alpha value is -3.26. The van der Waals surface area contributed by atoms with Crippen LogP contribution in [-0.2, 0) is 4.79 Å². The van der Waals surface area contributed by atoms with Crippen LogP contribution in [0.15, 0.2) is 46.9 Å². The van der Waals surface area contributed by atoms with Crippen LogP contribution in [0.5, 0.6) is 17.2 Å². The Kier molecular flexibility index (Phi) is 5.38. The number of rotatable bonds is 5. The van der Waals surface area contributed by atoms with E-state index in [1.54, 1.807) is 29.2 Å². The van der Waals surface area contributed by atoms with Gasteiger partial charge in [0.2, 0.25) is 18.6 Å². The van der Waals surface area contributed by atoms with E-state index in [2.05, 4.69) is 10.2 Å². The third-order valence-electron chi connectivity index (χ3n) is 5.36. The number of hydrogen-bond acceptors (Lipinski definition) is 7. The maximum atomic E-state index is 12.6. The highest BCUT2D eigenvalue weighted by atomic mass is 35.5. The quantitative estimate of drug-likeness (QED) is 0.593. The van der Waals surface area contributed by atoms with Gasteiger partial charge in [0.15, 0.2) is 18.1 Å². The Morgan fingerprint density at radius 1 is 1.13 bits per heavy atom. The lowest BCUT2D eigenvalue weighted by Gasteiger charge is -2.31. The number of piperidine rings is 1. The molecule has 0 spiro atoms. The average molecular weight is 442 g/mol. The molecule has 160 valence electrons. The summed E-state index contributed by atoms with van der Waals surface area (Å²) >= 11 is 5.87. The van der Waals surface area contributed by atoms with Crippen LogP contribution in [0.1, 0.15) is 24.7 Å². The number of likely N-dealkylation sites (tertiary alicyclic amines) is 1. The van der Waals surface area contributed by atoms with Gasteiger partial charge in [0.05, 0.1) is 5.92 Å². The zero-order chi connectivity index (χ0) is 21.2. The van der Waals surface area contributed by atoms with Crippen molar-refractivity contribution in [3.63, 3.8) is 0 Å². The lowest BCUT2D eigenvalue weighted by atomic mass is 9.98. The molecule has 2 aliphatic rings. The van der Waals surface area contributed by atoms with E-state index in [1.165, 1.54) is 0 Å². The molecule has 5 rings (SSSR count). The fraction of sp³-hybridized carbons (Fsp3) is 0.318. The Balaban J connectivity index is 1.22. The van der Waals surface area contributed by atoms with Crippen molar-refractivity contribution in [2.75, 3.05) is 26.5 Å². The molecule has 1 aromatic heterocycles. The number of amides is 1. The van der Waals surface area contributed by atoms with Crippen LogP contribution in [0.25, 0.3) is 11.5 Å². The lowest BCUT2D eigenvalue weighted by Crippen LogP contribution is -2.41. The van der Waals surface area contributed by atoms with Crippen LogP contribution in [0.3, 0.4) is 0 Å². The highest BCUT2D eigenvalue weighted by Gasteiger charge is 2.29. The summed E-state index contributed by atoms with van der Waals surface area (Å²) in [6, 6.07) is 12.4. The maximum absolute atomic E-state index is 12.6. The molecule has 0 bridgehead atoms. The standard InChI is InChI=1S/C22H20ClN3O5/c23-16-4-6-17(7-5-16)28-12-20(27)26-9-1-2-15(11-26)22-25-24-21(31-22)14-3-8-18-19(10-14)30-13-29-18/h3-8,10,15H,1-2,9,11-13H2. The largest absolute Gasteiger partial charge is 0.484 e. The second kappa shape index (κ2) is 8.47. The monoisotopic (exact) mass is 441 g/mol. The van der Waals surface area contributed by atoms with E-state index >= 15 is 0 Å². The van der Waals surface area contributed by atoms with E-state index in [1.807, 2.05) is 18.2 Å². The van der Waals surface area contributed by atoms with Crippen LogP contribution in [0.2, 0.25) is 5.02 Å². The van der Waals surface area contributed by atoms with E-state index in [9.17, 15) is 4.79 Å². The van der Waals surface area contributed by atoms with Crippen molar-refractivity contribution in [3.05, 3.63) is 53.4 Å². The minimum atomic E-state index is -0.0739. The van der Waals surface area contributed by atoms with Crippen molar-refractivity contribution in [3.8, 4) is 28.7 Å². The number of ether oxygens (including phenoxy) is 3. The van der Waals surface area contributed by atoms with Gasteiger partial charge in [0.25, 0.3) is 5.91 Å². The van der Waals surface area contributed by atoms with Gasteiger partial charge >= 0.3 is 0 Å². The summed E-state index contributed by atoms with van der Waals surface area (Å²) in [7, 11) is 0. The first-order valence-electron chi connectivity index (χ1n) is 10.1. The Morgan fingerprint density at radius 2 is 1.97 bits per heavy atom. The molecule has 1 saturated heterocycles. The number of halogens is 1. The topological polar surface area (TPSA) is 86.9 Å². The third kappa shape index (κ3) is 4.29. The molecule has 31 heavy (non-hydrogen) atoms. The van der Waals surface area contributed by atoms with Gasteiger partial charge in [-0.2, -0.15) is 0 Å². The van der Waals surface area contributed by atoms with Gasteiger partial charge in [-0.15, -0.1) is 10.2 Å². The Morgan fingerprint density at radius 3 is 2.84 bits per heavy atom. The highest BCUT2D eigenvalue weighted by Crippen LogP contribution is 2.36. The predicted molar refractivity (Wildman–Crippen MR) is 111 cm³/mol. The first kappa shape index (κ1) is 19.7. The molecule has 2 aliphatic heterocycles. The number of fused-ring (bicyclic) bond motifs is 1. The smallest absolute Gasteiger partial charge is 0.260 e. The van der Waals surface area contributed by atoms with Crippen LogP contribution in [0.4, 0.5) is 0 Å². The molecule has 1 amide bonds. The number of nitrogens with zero attached hydrogens (tertiary/aromatic N) is 3. The summed E-state index contributed by atoms with van der Waals surface area (Å²) < 4.78 is 22.3. The molecular formula is C22H20ClN3O5. The van der Waals surface area contributed by atoms with Crippen molar-refractivity contribution in [1.82, 2.24) is 15.1 Å². The molecule has 1 atom stereocenters. The van der Waals surface area contributed by atoms with Gasteiger partial charge in [-0.3, -0.25) is 4.79 Å². The summed E-state index contributed by atoms with van der Waals surface area (Å²) in [6.45, 7) is 1.39. The van der Waals surface area contributed by atoms with E-state index in [4.69, 9.17) is 30.2 Å². The summed E-state index contributed by atoms with van der Waals surface area (Å²) in [4.78, 5) is 14.4. The Labute approximate surface area is 183 Å². The van der Waals surface area contributed by atoms with Gasteiger partial charge in [-0.1, -0.05) is 11.6 Å². The first-order chi connectivity index (χ1) is 15.2. The van der Waals surface area contributed by atoms with Crippen LogP contribution < -0.4 is 14.2 Å². The van der Waals surface area contributed by atoms with Crippen molar-refractivity contribution in [1.29, 1.82) is 0 Å². The van der Waals surface area contributed by atoms with Crippen LogP contribution in [-0.4, -0.2) is 47.5 Å². The molecule has 8 nitrogen and oxygen atoms in total. The first-order valence-corrected chi connectivity index (χ1v) is 10.4. The summed E-state index contributed by atoms with van der Waals surface area (Å²) in [5.74, 6) is 2.83. The van der Waals surface area contributed by atoms with Gasteiger partial charge in [-0.05, 0) is 55.3 Å². The minimum Gasteiger partial charge on any atom is -0.484 e. The SMILES string of the molecule is O=C(COc1ccc(Cl)cc1)N1CCCC(c2nnc(-c3ccc4c(c3)OCO4)o2)C1. The van der Waals surface area contributed by atoms with E-state index < -0.39 is 0 Å². The average Bonchev–Trinajstić information content (AvgIpc) is 3.48. The number of carbonyl (C=O) groups excluding carboxylic acids is 1. The van der Waals surface area contributed by atoms with E-state index in [0.29, 0.717) is 47.1 Å². The number of hydrogen-bond donors (Lipinski definition) is 0. The van der Waals surface area contributed by atoms with Crippen molar-refractivity contribution in [2.45, 2.75) is 18.8 Å². The van der Waals surface area contributed by atoms with Crippen molar-refractivity contribution < 1.29 is 23.4 Å². The molecule has 3 heterocycles. The summed E-state index contributed by atoms with van der Waals surface area (Å²) in [6.07, 6.45) is 1.74. The van der Waals surface area contributed by atoms with E-state index in [0.717, 1.165) is 18.4 Å². The molecule has 9 heteroatoms. The number of aromatic nitrogens is 2. The predicted octanol–water partition coefficient (Wildman–Crippen LogP) is 3.90. The normalized spacial score (nSPS) is 17.6. The third-order valence-corrected chi connectivity index (χ3v) is 5.61. The van der Waals surface area contributed by atoms with Crippen molar-refractivity contribution in [2.24, 2.45) is 0 Å². The number of benzene rings is 2. The second-order valence-corrected chi connectivity index (χ2v) is 7.87. The molecule has 2 aromatic carbocycles. The molecule has 0 radical (unpaired) electrons. The molecule has 0 saturated carbocycles. The Bertz CT molecular complexity index is 1090. The van der Waals surface area contributed by atoms with Crippen molar-refractivity contribution >= 4 is 17.5 Å². The maximum Gasteiger partial charge on any atom is 0.260 e. The minimum absolute atomic E-state index is 0.0107. The molecule has 0 N–H and O–H groups in total. The molecular weight excluding hydrogens is 422 g/mol. The zero-order valence-corrected chi connectivity index (χ0v) is 17.4. The van der Waals surface area contributed by atoms with Gasteiger partial charge in [-0.25, -0.2) is 0 Å². The second-order valence-electron chi connectivity index (χ2n) is 7.43. The molecule has 0 aliphatic carbocycles. The van der Waals surface area contributed by atoms with Gasteiger partial charge in [0, 0.05) is 23.7 Å². The van der Waals surface area contributed by atoms with Crippen LogP contribution >= 0.6 is 11.6 Å². The van der Waals surface area contributed by atoms with Gasteiger partial charge in [0.1, 0.15) is 5.75 Å². The molecule has 1 unspecified atom stereocenters. The van der Waals surface area contributed by atoms with E-state index in [-0.39, 0.29) is 25.2 Å². The summed E-state index contributed by atoms with van der Waals surface area (Å²) in [5, 5.41) is 9.05. The van der Waals surface area contributed by atoms with Crippen LogP contribution in [0, 0.1) is 0 Å². The fourth-order valence-corrected chi connectivity index (χ4v) is 3.84. The summed E-state index contributed by atoms with van der Waals surface area (Å²) in [5.41, 5.74) is 0.767. The fourth-order valence-electron chi connectivity index (χ4n) is 3.72. The number of carbonyl (C=O) groups is 1. The highest BCUT2D eigenvalue weighted by molar-refractivity contribution is 6.30. The molecule has 3 aromatic rings. The molecule has 1 fully saturated rings.